The largest absolute Gasteiger partial charge is 0.444 e. The highest BCUT2D eigenvalue weighted by atomic mass is 16.6. The first-order chi connectivity index (χ1) is 12.7. The molecule has 6 nitrogen and oxygen atoms in total. The van der Waals surface area contributed by atoms with E-state index in [1.54, 1.807) is 4.90 Å². The Balaban J connectivity index is 1.71. The van der Waals surface area contributed by atoms with Crippen molar-refractivity contribution >= 4 is 6.09 Å². The number of benzene rings is 1. The van der Waals surface area contributed by atoms with E-state index in [-0.39, 0.29) is 37.9 Å². The Bertz CT molecular complexity index is 637. The third-order valence-electron chi connectivity index (χ3n) is 5.50. The highest BCUT2D eigenvalue weighted by Crippen LogP contribution is 2.38. The quantitative estimate of drug-likeness (QED) is 0.845. The molecule has 6 heteroatoms. The number of aliphatic hydroxyl groups is 2. The van der Waals surface area contributed by atoms with Crippen LogP contribution in [0.4, 0.5) is 4.79 Å². The average molecular weight is 376 g/mol. The van der Waals surface area contributed by atoms with E-state index in [0.717, 1.165) is 31.4 Å². The molecule has 0 saturated carbocycles. The van der Waals surface area contributed by atoms with Crippen LogP contribution in [0.3, 0.4) is 0 Å². The van der Waals surface area contributed by atoms with E-state index in [4.69, 9.17) is 4.74 Å². The van der Waals surface area contributed by atoms with Gasteiger partial charge in [-0.2, -0.15) is 0 Å². The topological polar surface area (TPSA) is 73.2 Å². The highest BCUT2D eigenvalue weighted by Gasteiger charge is 2.53. The van der Waals surface area contributed by atoms with Crippen LogP contribution in [0, 0.1) is 0 Å². The molecule has 27 heavy (non-hydrogen) atoms. The molecule has 2 fully saturated rings. The van der Waals surface area contributed by atoms with Crippen molar-refractivity contribution in [1.29, 1.82) is 0 Å². The fourth-order valence-corrected chi connectivity index (χ4v) is 4.26. The van der Waals surface area contributed by atoms with Crippen molar-refractivity contribution in [1.82, 2.24) is 9.80 Å². The maximum atomic E-state index is 12.2. The third kappa shape index (κ3) is 4.45. The van der Waals surface area contributed by atoms with E-state index in [9.17, 15) is 15.0 Å². The van der Waals surface area contributed by atoms with Gasteiger partial charge in [0.05, 0.1) is 25.7 Å². The number of hydrogen-bond donors (Lipinski definition) is 2. The first-order valence-corrected chi connectivity index (χ1v) is 9.85. The van der Waals surface area contributed by atoms with Gasteiger partial charge in [-0.25, -0.2) is 4.79 Å². The Labute approximate surface area is 161 Å². The normalized spacial score (nSPS) is 24.2. The molecule has 150 valence electrons. The number of hydrogen-bond acceptors (Lipinski definition) is 5. The zero-order valence-electron chi connectivity index (χ0n) is 16.6. The van der Waals surface area contributed by atoms with Gasteiger partial charge in [-0.15, -0.1) is 0 Å². The fourth-order valence-electron chi connectivity index (χ4n) is 4.26. The predicted molar refractivity (Wildman–Crippen MR) is 103 cm³/mol. The molecular formula is C21H32N2O4. The van der Waals surface area contributed by atoms with Crippen molar-refractivity contribution < 1.29 is 19.7 Å². The minimum absolute atomic E-state index is 0.00632. The SMILES string of the molecule is CC(C)(C)OC(=O)N1CC(O)(C2CCCCN2[C@H](CO)c2ccccc2)C1. The van der Waals surface area contributed by atoms with Crippen molar-refractivity contribution in [3.8, 4) is 0 Å². The van der Waals surface area contributed by atoms with Gasteiger partial charge in [0.25, 0.3) is 0 Å². The van der Waals surface area contributed by atoms with Crippen LogP contribution < -0.4 is 0 Å². The van der Waals surface area contributed by atoms with Crippen LogP contribution in [0.25, 0.3) is 0 Å². The Morgan fingerprint density at radius 1 is 1.26 bits per heavy atom. The van der Waals surface area contributed by atoms with E-state index in [1.807, 2.05) is 51.1 Å². The molecule has 0 spiro atoms. The van der Waals surface area contributed by atoms with E-state index in [0.29, 0.717) is 0 Å². The van der Waals surface area contributed by atoms with Gasteiger partial charge in [0.2, 0.25) is 0 Å². The van der Waals surface area contributed by atoms with Gasteiger partial charge in [0, 0.05) is 6.04 Å². The van der Waals surface area contributed by atoms with Crippen molar-refractivity contribution in [2.75, 3.05) is 26.2 Å². The molecule has 2 aliphatic heterocycles. The molecule has 0 aliphatic carbocycles. The van der Waals surface area contributed by atoms with Crippen LogP contribution >= 0.6 is 0 Å². The standard InChI is InChI=1S/C21H32N2O4/c1-20(2,3)27-19(25)22-14-21(26,15-22)18-11-7-8-12-23(18)17(13-24)16-9-5-4-6-10-16/h4-6,9-10,17-18,24,26H,7-8,11-15H2,1-3H3/t17-,18?/m1/s1. The summed E-state index contributed by atoms with van der Waals surface area (Å²) in [4.78, 5) is 16.0. The second-order valence-corrected chi connectivity index (χ2v) is 8.80. The molecule has 0 bridgehead atoms. The monoisotopic (exact) mass is 376 g/mol. The summed E-state index contributed by atoms with van der Waals surface area (Å²) in [5.74, 6) is 0. The number of carbonyl (C=O) groups is 1. The molecule has 0 radical (unpaired) electrons. The molecule has 2 N–H and O–H groups in total. The second kappa shape index (κ2) is 7.78. The number of piperidine rings is 1. The van der Waals surface area contributed by atoms with Gasteiger partial charge in [-0.05, 0) is 45.7 Å². The molecule has 1 unspecified atom stereocenters. The van der Waals surface area contributed by atoms with Crippen LogP contribution in [-0.4, -0.2) is 69.6 Å². The van der Waals surface area contributed by atoms with Crippen LogP contribution in [0.5, 0.6) is 0 Å². The minimum Gasteiger partial charge on any atom is -0.444 e. The van der Waals surface area contributed by atoms with E-state index in [2.05, 4.69) is 4.90 Å². The smallest absolute Gasteiger partial charge is 0.410 e. The summed E-state index contributed by atoms with van der Waals surface area (Å²) in [6.45, 7) is 6.90. The second-order valence-electron chi connectivity index (χ2n) is 8.80. The van der Waals surface area contributed by atoms with Crippen molar-refractivity contribution in [3.63, 3.8) is 0 Å². The molecule has 1 amide bonds. The van der Waals surface area contributed by atoms with Gasteiger partial charge in [0.15, 0.2) is 0 Å². The lowest BCUT2D eigenvalue weighted by Crippen LogP contribution is -2.73. The van der Waals surface area contributed by atoms with E-state index in [1.165, 1.54) is 0 Å². The number of carbonyl (C=O) groups excluding carboxylic acids is 1. The molecule has 1 aromatic carbocycles. The van der Waals surface area contributed by atoms with Crippen molar-refractivity contribution in [3.05, 3.63) is 35.9 Å². The molecule has 2 saturated heterocycles. The van der Waals surface area contributed by atoms with Gasteiger partial charge in [-0.1, -0.05) is 36.8 Å². The van der Waals surface area contributed by atoms with Crippen LogP contribution in [0.15, 0.2) is 30.3 Å². The first-order valence-electron chi connectivity index (χ1n) is 9.85. The van der Waals surface area contributed by atoms with Crippen molar-refractivity contribution in [2.24, 2.45) is 0 Å². The summed E-state index contributed by atoms with van der Waals surface area (Å²) in [6, 6.07) is 9.72. The number of nitrogens with zero attached hydrogens (tertiary/aromatic N) is 2. The number of rotatable bonds is 4. The Morgan fingerprint density at radius 3 is 2.52 bits per heavy atom. The average Bonchev–Trinajstić information content (AvgIpc) is 2.59. The molecular weight excluding hydrogens is 344 g/mol. The third-order valence-corrected chi connectivity index (χ3v) is 5.50. The predicted octanol–water partition coefficient (Wildman–Crippen LogP) is 2.56. The summed E-state index contributed by atoms with van der Waals surface area (Å²) in [7, 11) is 0. The van der Waals surface area contributed by atoms with E-state index >= 15 is 0 Å². The lowest BCUT2D eigenvalue weighted by Gasteiger charge is -2.55. The van der Waals surface area contributed by atoms with Crippen LogP contribution in [0.1, 0.15) is 51.6 Å². The van der Waals surface area contributed by atoms with Gasteiger partial charge in [0.1, 0.15) is 11.2 Å². The Hall–Kier alpha value is -1.63. The van der Waals surface area contributed by atoms with Gasteiger partial charge in [-0.3, -0.25) is 4.90 Å². The van der Waals surface area contributed by atoms with Crippen LogP contribution in [0.2, 0.25) is 0 Å². The summed E-state index contributed by atoms with van der Waals surface area (Å²) in [5.41, 5.74) is -0.449. The number of aliphatic hydroxyl groups excluding tert-OH is 1. The van der Waals surface area contributed by atoms with Gasteiger partial charge >= 0.3 is 6.09 Å². The molecule has 2 aliphatic rings. The van der Waals surface area contributed by atoms with E-state index < -0.39 is 11.2 Å². The molecule has 2 heterocycles. The summed E-state index contributed by atoms with van der Waals surface area (Å²) >= 11 is 0. The maximum Gasteiger partial charge on any atom is 0.410 e. The van der Waals surface area contributed by atoms with Crippen LogP contribution in [-0.2, 0) is 4.74 Å². The van der Waals surface area contributed by atoms with Crippen molar-refractivity contribution in [2.45, 2.75) is 63.3 Å². The fraction of sp³-hybridized carbons (Fsp3) is 0.667. The number of amides is 1. The zero-order valence-corrected chi connectivity index (χ0v) is 16.6. The number of likely N-dealkylation sites (tertiary alicyclic amines) is 2. The Kier molecular flexibility index (Phi) is 5.79. The molecule has 3 rings (SSSR count). The number of β-amino-alcohol motifs (C(OH)–C–C–N with tert-alkyl or cyclic N) is 1. The lowest BCUT2D eigenvalue weighted by atomic mass is 9.79. The Morgan fingerprint density at radius 2 is 1.93 bits per heavy atom. The molecule has 1 aromatic rings. The molecule has 2 atom stereocenters. The molecule has 0 aromatic heterocycles. The highest BCUT2D eigenvalue weighted by molar-refractivity contribution is 5.69. The zero-order chi connectivity index (χ0) is 19.7. The first kappa shape index (κ1) is 20.1. The maximum absolute atomic E-state index is 12.2. The summed E-state index contributed by atoms with van der Waals surface area (Å²) in [6.07, 6.45) is 2.58. The number of ether oxygens (including phenoxy) is 1. The summed E-state index contributed by atoms with van der Waals surface area (Å²) < 4.78 is 5.41. The lowest BCUT2D eigenvalue weighted by molar-refractivity contribution is -0.158. The summed E-state index contributed by atoms with van der Waals surface area (Å²) in [5, 5.41) is 21.3. The van der Waals surface area contributed by atoms with Gasteiger partial charge < -0.3 is 19.8 Å². The minimum atomic E-state index is -0.959.